The zero-order valence-electron chi connectivity index (χ0n) is 15.5. The summed E-state index contributed by atoms with van der Waals surface area (Å²) in [6.45, 7) is 4.00. The normalized spacial score (nSPS) is 11.5. The summed E-state index contributed by atoms with van der Waals surface area (Å²) in [5.74, 6) is 0.404. The van der Waals surface area contributed by atoms with Crippen LogP contribution in [0.5, 0.6) is 5.75 Å². The number of anilines is 1. The van der Waals surface area contributed by atoms with Crippen molar-refractivity contribution >= 4 is 17.6 Å². The first-order chi connectivity index (χ1) is 12.5. The van der Waals surface area contributed by atoms with Gasteiger partial charge in [0.1, 0.15) is 5.75 Å². The van der Waals surface area contributed by atoms with Gasteiger partial charge < -0.3 is 14.8 Å². The van der Waals surface area contributed by atoms with Crippen molar-refractivity contribution in [1.29, 1.82) is 0 Å². The number of amides is 1. The summed E-state index contributed by atoms with van der Waals surface area (Å²) in [7, 11) is 1.58. The lowest BCUT2D eigenvalue weighted by molar-refractivity contribution is -0.146. The van der Waals surface area contributed by atoms with Gasteiger partial charge in [-0.15, -0.1) is 0 Å². The van der Waals surface area contributed by atoms with Crippen molar-refractivity contribution in [3.05, 3.63) is 59.7 Å². The predicted molar refractivity (Wildman–Crippen MR) is 101 cm³/mol. The van der Waals surface area contributed by atoms with E-state index in [0.717, 1.165) is 17.7 Å². The van der Waals surface area contributed by atoms with Crippen LogP contribution in [0.2, 0.25) is 0 Å². The number of methoxy groups -OCH3 is 1. The Balaban J connectivity index is 1.77. The number of ether oxygens (including phenoxy) is 2. The van der Waals surface area contributed by atoms with Crippen molar-refractivity contribution in [1.82, 2.24) is 0 Å². The summed E-state index contributed by atoms with van der Waals surface area (Å²) in [4.78, 5) is 23.8. The van der Waals surface area contributed by atoms with Gasteiger partial charge in [0.05, 0.1) is 13.5 Å². The highest BCUT2D eigenvalue weighted by atomic mass is 16.5. The largest absolute Gasteiger partial charge is 0.497 e. The number of esters is 1. The Morgan fingerprint density at radius 1 is 1.04 bits per heavy atom. The Hall–Kier alpha value is -2.82. The molecule has 0 aliphatic rings. The predicted octanol–water partition coefficient (Wildman–Crippen LogP) is 3.93. The van der Waals surface area contributed by atoms with Gasteiger partial charge in [0, 0.05) is 5.69 Å². The van der Waals surface area contributed by atoms with E-state index in [1.54, 1.807) is 31.4 Å². The van der Waals surface area contributed by atoms with E-state index in [0.29, 0.717) is 11.6 Å². The Labute approximate surface area is 154 Å². The molecule has 0 aliphatic carbocycles. The fourth-order valence-electron chi connectivity index (χ4n) is 2.43. The summed E-state index contributed by atoms with van der Waals surface area (Å²) in [6.07, 6.45) is 1.18. The van der Waals surface area contributed by atoms with Crippen LogP contribution in [0.3, 0.4) is 0 Å². The number of nitrogens with one attached hydrogen (secondary N) is 1. The Morgan fingerprint density at radius 3 is 2.27 bits per heavy atom. The number of hydrogen-bond donors (Lipinski definition) is 1. The second-order valence-corrected chi connectivity index (χ2v) is 6.17. The van der Waals surface area contributed by atoms with Gasteiger partial charge in [0.2, 0.25) is 0 Å². The van der Waals surface area contributed by atoms with Gasteiger partial charge in [0.15, 0.2) is 6.61 Å². The van der Waals surface area contributed by atoms with Crippen LogP contribution < -0.4 is 10.1 Å². The maximum absolute atomic E-state index is 11.9. The van der Waals surface area contributed by atoms with Gasteiger partial charge in [-0.05, 0) is 47.7 Å². The molecule has 0 fully saturated rings. The van der Waals surface area contributed by atoms with E-state index in [1.807, 2.05) is 24.3 Å². The van der Waals surface area contributed by atoms with Crippen LogP contribution in [-0.4, -0.2) is 25.6 Å². The average molecular weight is 355 g/mol. The monoisotopic (exact) mass is 355 g/mol. The molecule has 138 valence electrons. The number of carbonyl (C=O) groups excluding carboxylic acids is 2. The van der Waals surface area contributed by atoms with Gasteiger partial charge in [0.25, 0.3) is 5.91 Å². The van der Waals surface area contributed by atoms with E-state index in [-0.39, 0.29) is 18.9 Å². The van der Waals surface area contributed by atoms with Gasteiger partial charge in [-0.1, -0.05) is 38.1 Å². The van der Waals surface area contributed by atoms with E-state index in [9.17, 15) is 9.59 Å². The van der Waals surface area contributed by atoms with E-state index in [1.165, 1.54) is 5.56 Å². The molecular formula is C21H25NO4. The summed E-state index contributed by atoms with van der Waals surface area (Å²) in [6, 6.07) is 14.9. The lowest BCUT2D eigenvalue weighted by atomic mass is 9.99. The van der Waals surface area contributed by atoms with Crippen molar-refractivity contribution in [2.45, 2.75) is 32.6 Å². The van der Waals surface area contributed by atoms with Gasteiger partial charge in [-0.25, -0.2) is 0 Å². The average Bonchev–Trinajstić information content (AvgIpc) is 2.67. The summed E-state index contributed by atoms with van der Waals surface area (Å²) in [5, 5.41) is 2.73. The van der Waals surface area contributed by atoms with Crippen LogP contribution in [0.25, 0.3) is 0 Å². The fourth-order valence-corrected chi connectivity index (χ4v) is 2.43. The molecule has 0 heterocycles. The molecule has 0 spiro atoms. The highest BCUT2D eigenvalue weighted by molar-refractivity contribution is 5.92. The van der Waals surface area contributed by atoms with E-state index in [4.69, 9.17) is 9.47 Å². The molecule has 5 heteroatoms. The molecule has 0 unspecified atom stereocenters. The maximum atomic E-state index is 11.9. The van der Waals surface area contributed by atoms with E-state index in [2.05, 4.69) is 19.2 Å². The highest BCUT2D eigenvalue weighted by Crippen LogP contribution is 2.20. The molecule has 0 aromatic heterocycles. The maximum Gasteiger partial charge on any atom is 0.310 e. The van der Waals surface area contributed by atoms with Crippen LogP contribution >= 0.6 is 0 Å². The topological polar surface area (TPSA) is 64.6 Å². The minimum absolute atomic E-state index is 0.112. The minimum Gasteiger partial charge on any atom is -0.497 e. The number of hydrogen-bond acceptors (Lipinski definition) is 4. The van der Waals surface area contributed by atoms with Gasteiger partial charge in [-0.2, -0.15) is 0 Å². The molecule has 1 atom stereocenters. The van der Waals surface area contributed by atoms with Crippen molar-refractivity contribution in [3.8, 4) is 5.75 Å². The first-order valence-corrected chi connectivity index (χ1v) is 8.70. The highest BCUT2D eigenvalue weighted by Gasteiger charge is 2.10. The summed E-state index contributed by atoms with van der Waals surface area (Å²) in [5.41, 5.74) is 2.72. The van der Waals surface area contributed by atoms with Crippen molar-refractivity contribution in [2.24, 2.45) is 0 Å². The number of rotatable bonds is 8. The molecule has 2 rings (SSSR count). The zero-order chi connectivity index (χ0) is 18.9. The molecule has 0 saturated heterocycles. The third kappa shape index (κ3) is 5.92. The van der Waals surface area contributed by atoms with Crippen LogP contribution in [0, 0.1) is 0 Å². The molecule has 26 heavy (non-hydrogen) atoms. The zero-order valence-corrected chi connectivity index (χ0v) is 15.5. The molecule has 0 radical (unpaired) electrons. The summed E-state index contributed by atoms with van der Waals surface area (Å²) >= 11 is 0. The molecule has 2 aromatic carbocycles. The van der Waals surface area contributed by atoms with Crippen molar-refractivity contribution in [2.75, 3.05) is 19.0 Å². The Morgan fingerprint density at radius 2 is 1.69 bits per heavy atom. The molecule has 2 aromatic rings. The lowest BCUT2D eigenvalue weighted by Crippen LogP contribution is -2.21. The fraction of sp³-hybridized carbons (Fsp3) is 0.333. The minimum atomic E-state index is -0.447. The summed E-state index contributed by atoms with van der Waals surface area (Å²) < 4.78 is 10.1. The lowest BCUT2D eigenvalue weighted by Gasteiger charge is -2.11. The Kier molecular flexibility index (Phi) is 7.21. The first kappa shape index (κ1) is 19.5. The van der Waals surface area contributed by atoms with Crippen LogP contribution in [-0.2, 0) is 20.7 Å². The van der Waals surface area contributed by atoms with Crippen molar-refractivity contribution < 1.29 is 19.1 Å². The van der Waals surface area contributed by atoms with Gasteiger partial charge >= 0.3 is 5.97 Å². The standard InChI is InChI=1S/C21H25NO4/c1-4-15(2)17-7-9-18(10-8-17)22-20(23)14-26-21(24)13-16-5-11-19(25-3)12-6-16/h5-12,15H,4,13-14H2,1-3H3,(H,22,23)/t15-/m1/s1. The molecule has 1 N–H and O–H groups in total. The van der Waals surface area contributed by atoms with Crippen molar-refractivity contribution in [3.63, 3.8) is 0 Å². The smallest absolute Gasteiger partial charge is 0.310 e. The molecule has 0 saturated carbocycles. The van der Waals surface area contributed by atoms with Crippen LogP contribution in [0.4, 0.5) is 5.69 Å². The number of carbonyl (C=O) groups is 2. The molecule has 0 bridgehead atoms. The molecule has 5 nitrogen and oxygen atoms in total. The quantitative estimate of drug-likeness (QED) is 0.729. The van der Waals surface area contributed by atoms with E-state index < -0.39 is 5.97 Å². The molecular weight excluding hydrogens is 330 g/mol. The molecule has 0 aliphatic heterocycles. The van der Waals surface area contributed by atoms with Crippen LogP contribution in [0.1, 0.15) is 37.3 Å². The van der Waals surface area contributed by atoms with E-state index >= 15 is 0 Å². The third-order valence-electron chi connectivity index (χ3n) is 4.25. The Bertz CT molecular complexity index is 723. The second kappa shape index (κ2) is 9.61. The number of benzene rings is 2. The SMILES string of the molecule is CC[C@@H](C)c1ccc(NC(=O)COC(=O)Cc2ccc(OC)cc2)cc1. The molecule has 1 amide bonds. The van der Waals surface area contributed by atoms with Crippen LogP contribution in [0.15, 0.2) is 48.5 Å². The first-order valence-electron chi connectivity index (χ1n) is 8.70. The van der Waals surface area contributed by atoms with Gasteiger partial charge in [-0.3, -0.25) is 9.59 Å². The third-order valence-corrected chi connectivity index (χ3v) is 4.25. The second-order valence-electron chi connectivity index (χ2n) is 6.17.